The summed E-state index contributed by atoms with van der Waals surface area (Å²) in [4.78, 5) is 26.1. The zero-order valence-electron chi connectivity index (χ0n) is 16.4. The van der Waals surface area contributed by atoms with Gasteiger partial charge in [0, 0.05) is 31.4 Å². The van der Waals surface area contributed by atoms with Crippen LogP contribution in [0, 0.1) is 6.92 Å². The molecule has 1 fully saturated rings. The monoisotopic (exact) mass is 384 g/mol. The second-order valence-electron chi connectivity index (χ2n) is 7.20. The third-order valence-electron chi connectivity index (χ3n) is 4.91. The highest BCUT2D eigenvalue weighted by Crippen LogP contribution is 2.20. The molecule has 0 saturated carbocycles. The molecule has 0 bridgehead atoms. The van der Waals surface area contributed by atoms with Crippen LogP contribution in [0.1, 0.15) is 43.4 Å². The molecule has 0 radical (unpaired) electrons. The van der Waals surface area contributed by atoms with Crippen LogP contribution in [0.4, 0.5) is 11.5 Å². The van der Waals surface area contributed by atoms with Crippen LogP contribution < -0.4 is 15.5 Å². The SMILES string of the molecule is Cc1cc(NC(=O)C(=O)NCCCc2ccc(N3CCCCCC3)cc2)no1. The lowest BCUT2D eigenvalue weighted by Gasteiger charge is -2.22. The third kappa shape index (κ3) is 5.84. The highest BCUT2D eigenvalue weighted by molar-refractivity contribution is 6.39. The molecule has 2 amide bonds. The van der Waals surface area contributed by atoms with Crippen LogP contribution in [0.5, 0.6) is 0 Å². The molecule has 0 atom stereocenters. The Kier molecular flexibility index (Phi) is 7.06. The van der Waals surface area contributed by atoms with E-state index < -0.39 is 11.8 Å². The van der Waals surface area contributed by atoms with Gasteiger partial charge in [-0.25, -0.2) is 0 Å². The van der Waals surface area contributed by atoms with E-state index in [4.69, 9.17) is 4.52 Å². The van der Waals surface area contributed by atoms with Gasteiger partial charge in [-0.2, -0.15) is 0 Å². The molecule has 0 aliphatic carbocycles. The summed E-state index contributed by atoms with van der Waals surface area (Å²) in [7, 11) is 0. The zero-order chi connectivity index (χ0) is 19.8. The maximum absolute atomic E-state index is 11.8. The summed E-state index contributed by atoms with van der Waals surface area (Å²) < 4.78 is 4.85. The Balaban J connectivity index is 1.37. The lowest BCUT2D eigenvalue weighted by Crippen LogP contribution is -2.36. The lowest BCUT2D eigenvalue weighted by molar-refractivity contribution is -0.136. The number of aryl methyl sites for hydroxylation is 2. The van der Waals surface area contributed by atoms with Crippen molar-refractivity contribution >= 4 is 23.3 Å². The molecule has 2 aromatic rings. The minimum Gasteiger partial charge on any atom is -0.372 e. The Morgan fingerprint density at radius 1 is 1.07 bits per heavy atom. The van der Waals surface area contributed by atoms with Gasteiger partial charge in [-0.3, -0.25) is 14.9 Å². The van der Waals surface area contributed by atoms with E-state index in [1.807, 2.05) is 0 Å². The van der Waals surface area contributed by atoms with Gasteiger partial charge in [0.2, 0.25) is 0 Å². The van der Waals surface area contributed by atoms with E-state index in [2.05, 4.69) is 45.0 Å². The van der Waals surface area contributed by atoms with Gasteiger partial charge >= 0.3 is 11.8 Å². The molecule has 3 rings (SSSR count). The highest BCUT2D eigenvalue weighted by Gasteiger charge is 2.15. The summed E-state index contributed by atoms with van der Waals surface area (Å²) in [5, 5.41) is 8.66. The molecule has 1 aromatic heterocycles. The van der Waals surface area contributed by atoms with Gasteiger partial charge in [0.25, 0.3) is 0 Å². The van der Waals surface area contributed by atoms with Gasteiger partial charge in [0.15, 0.2) is 5.82 Å². The van der Waals surface area contributed by atoms with Crippen LogP contribution in [-0.2, 0) is 16.0 Å². The molecule has 1 aliphatic rings. The number of benzene rings is 1. The number of hydrogen-bond donors (Lipinski definition) is 2. The van der Waals surface area contributed by atoms with E-state index in [1.165, 1.54) is 36.9 Å². The predicted octanol–water partition coefficient (Wildman–Crippen LogP) is 3.05. The van der Waals surface area contributed by atoms with Crippen molar-refractivity contribution in [2.45, 2.75) is 45.4 Å². The number of rotatable bonds is 6. The van der Waals surface area contributed by atoms with E-state index in [0.717, 1.165) is 25.9 Å². The van der Waals surface area contributed by atoms with Gasteiger partial charge in [-0.1, -0.05) is 30.1 Å². The predicted molar refractivity (Wildman–Crippen MR) is 108 cm³/mol. The fraction of sp³-hybridized carbons (Fsp3) is 0.476. The number of anilines is 2. The van der Waals surface area contributed by atoms with E-state index in [0.29, 0.717) is 12.3 Å². The lowest BCUT2D eigenvalue weighted by atomic mass is 10.1. The zero-order valence-corrected chi connectivity index (χ0v) is 16.4. The summed E-state index contributed by atoms with van der Waals surface area (Å²) in [5.41, 5.74) is 2.52. The van der Waals surface area contributed by atoms with Crippen molar-refractivity contribution in [1.82, 2.24) is 10.5 Å². The molecule has 1 aromatic carbocycles. The molecule has 1 aliphatic heterocycles. The molecule has 7 nitrogen and oxygen atoms in total. The first kappa shape index (κ1) is 19.9. The molecule has 0 unspecified atom stereocenters. The molecule has 150 valence electrons. The number of hydrogen-bond acceptors (Lipinski definition) is 5. The van der Waals surface area contributed by atoms with Crippen molar-refractivity contribution in [3.05, 3.63) is 41.7 Å². The van der Waals surface area contributed by atoms with E-state index in [-0.39, 0.29) is 5.82 Å². The summed E-state index contributed by atoms with van der Waals surface area (Å²) in [6.07, 6.45) is 6.82. The fourth-order valence-electron chi connectivity index (χ4n) is 3.38. The van der Waals surface area contributed by atoms with Gasteiger partial charge in [0.1, 0.15) is 5.76 Å². The second-order valence-corrected chi connectivity index (χ2v) is 7.20. The number of aromatic nitrogens is 1. The molecule has 28 heavy (non-hydrogen) atoms. The summed E-state index contributed by atoms with van der Waals surface area (Å²) in [6.45, 7) is 4.43. The average molecular weight is 384 g/mol. The van der Waals surface area contributed by atoms with Crippen molar-refractivity contribution in [3.8, 4) is 0 Å². The largest absolute Gasteiger partial charge is 0.372 e. The number of carbonyl (C=O) groups excluding carboxylic acids is 2. The minimum atomic E-state index is -0.741. The van der Waals surface area contributed by atoms with Crippen molar-refractivity contribution in [1.29, 1.82) is 0 Å². The first-order valence-electron chi connectivity index (χ1n) is 9.98. The van der Waals surface area contributed by atoms with Crippen LogP contribution >= 0.6 is 0 Å². The number of amides is 2. The highest BCUT2D eigenvalue weighted by atomic mass is 16.5. The maximum atomic E-state index is 11.8. The Morgan fingerprint density at radius 3 is 2.43 bits per heavy atom. The van der Waals surface area contributed by atoms with Crippen molar-refractivity contribution in [2.75, 3.05) is 29.9 Å². The third-order valence-corrected chi connectivity index (χ3v) is 4.91. The Labute approximate surface area is 165 Å². The van der Waals surface area contributed by atoms with Gasteiger partial charge < -0.3 is 14.7 Å². The van der Waals surface area contributed by atoms with E-state index in [9.17, 15) is 9.59 Å². The molecule has 0 spiro atoms. The average Bonchev–Trinajstić information content (AvgIpc) is 2.94. The molecule has 7 heteroatoms. The molecular weight excluding hydrogens is 356 g/mol. The fourth-order valence-corrected chi connectivity index (χ4v) is 3.38. The topological polar surface area (TPSA) is 87.5 Å². The standard InChI is InChI=1S/C21H28N4O3/c1-16-15-19(24-28-16)23-21(27)20(26)22-12-6-7-17-8-10-18(11-9-17)25-13-4-2-3-5-14-25/h8-11,15H,2-7,12-14H2,1H3,(H,22,26)(H,23,24,27). The number of nitrogens with one attached hydrogen (secondary N) is 2. The van der Waals surface area contributed by atoms with E-state index in [1.54, 1.807) is 13.0 Å². The molecular formula is C21H28N4O3. The Morgan fingerprint density at radius 2 is 1.79 bits per heavy atom. The van der Waals surface area contributed by atoms with Crippen LogP contribution in [-0.4, -0.2) is 36.6 Å². The van der Waals surface area contributed by atoms with Crippen molar-refractivity contribution in [2.24, 2.45) is 0 Å². The van der Waals surface area contributed by atoms with Gasteiger partial charge in [0.05, 0.1) is 0 Å². The number of carbonyl (C=O) groups is 2. The summed E-state index contributed by atoms with van der Waals surface area (Å²) >= 11 is 0. The van der Waals surface area contributed by atoms with E-state index >= 15 is 0 Å². The van der Waals surface area contributed by atoms with Crippen LogP contribution in [0.2, 0.25) is 0 Å². The maximum Gasteiger partial charge on any atom is 0.314 e. The molecule has 2 N–H and O–H groups in total. The van der Waals surface area contributed by atoms with Crippen molar-refractivity contribution < 1.29 is 14.1 Å². The normalized spacial score (nSPS) is 14.4. The van der Waals surface area contributed by atoms with Crippen LogP contribution in [0.3, 0.4) is 0 Å². The minimum absolute atomic E-state index is 0.238. The first-order valence-corrected chi connectivity index (χ1v) is 9.98. The second kappa shape index (κ2) is 9.92. The molecule has 2 heterocycles. The van der Waals surface area contributed by atoms with Gasteiger partial charge in [-0.05, 0) is 50.3 Å². The van der Waals surface area contributed by atoms with Crippen molar-refractivity contribution in [3.63, 3.8) is 0 Å². The quantitative estimate of drug-likeness (QED) is 0.590. The smallest absolute Gasteiger partial charge is 0.314 e. The Bertz CT molecular complexity index is 777. The summed E-state index contributed by atoms with van der Waals surface area (Å²) in [5.74, 6) is -0.605. The van der Waals surface area contributed by atoms with Crippen LogP contribution in [0.15, 0.2) is 34.9 Å². The number of nitrogens with zero attached hydrogens (tertiary/aromatic N) is 2. The summed E-state index contributed by atoms with van der Waals surface area (Å²) in [6, 6.07) is 10.2. The molecule has 1 saturated heterocycles. The van der Waals surface area contributed by atoms with Crippen LogP contribution in [0.25, 0.3) is 0 Å². The Hall–Kier alpha value is -2.83. The van der Waals surface area contributed by atoms with Gasteiger partial charge in [-0.15, -0.1) is 0 Å². The first-order chi connectivity index (χ1) is 13.6.